The maximum Gasteiger partial charge on any atom is 0.297 e. The molecule has 0 saturated carbocycles. The summed E-state index contributed by atoms with van der Waals surface area (Å²) in [4.78, 5) is 30.0. The van der Waals surface area contributed by atoms with E-state index < -0.39 is 4.92 Å². The van der Waals surface area contributed by atoms with Crippen LogP contribution < -0.4 is 10.4 Å². The zero-order valence-electron chi connectivity index (χ0n) is 20.4. The van der Waals surface area contributed by atoms with Gasteiger partial charge in [-0.1, -0.05) is 60.7 Å². The van der Waals surface area contributed by atoms with Gasteiger partial charge >= 0.3 is 0 Å². The van der Waals surface area contributed by atoms with Gasteiger partial charge in [0, 0.05) is 36.7 Å². The Hall–Kier alpha value is -4.50. The standard InChI is InChI=1S/C28H25N5O3S/c1-20-26(27(34)32(30(20)2)23-13-7-4-8-14-23)29-28-31(17-16-21-10-5-3-6-11-21)25(19-37-28)22-12-9-15-24(18-22)33(35)36/h3-15,18-19H,16-17H2,1-2H3. The highest BCUT2D eigenvalue weighted by molar-refractivity contribution is 7.07. The molecule has 0 saturated heterocycles. The van der Waals surface area contributed by atoms with Crippen LogP contribution in [0.2, 0.25) is 0 Å². The van der Waals surface area contributed by atoms with Crippen molar-refractivity contribution < 1.29 is 4.92 Å². The molecule has 0 aliphatic carbocycles. The average molecular weight is 512 g/mol. The third-order valence-electron chi connectivity index (χ3n) is 6.35. The van der Waals surface area contributed by atoms with Crippen LogP contribution in [-0.4, -0.2) is 18.9 Å². The average Bonchev–Trinajstić information content (AvgIpc) is 3.42. The number of hydrogen-bond acceptors (Lipinski definition) is 5. The molecule has 2 heterocycles. The summed E-state index contributed by atoms with van der Waals surface area (Å²) in [5.74, 6) is 0. The molecular weight excluding hydrogens is 486 g/mol. The Morgan fingerprint density at radius 2 is 1.68 bits per heavy atom. The Balaban J connectivity index is 1.66. The molecule has 5 aromatic rings. The number of nitrogens with zero attached hydrogens (tertiary/aromatic N) is 5. The van der Waals surface area contributed by atoms with Crippen LogP contribution in [0.15, 0.2) is 100 Å². The quantitative estimate of drug-likeness (QED) is 0.217. The van der Waals surface area contributed by atoms with Gasteiger partial charge < -0.3 is 4.57 Å². The topological polar surface area (TPSA) is 87.4 Å². The minimum Gasteiger partial charge on any atom is -0.316 e. The lowest BCUT2D eigenvalue weighted by molar-refractivity contribution is -0.384. The zero-order valence-corrected chi connectivity index (χ0v) is 21.3. The normalized spacial score (nSPS) is 11.7. The molecule has 8 nitrogen and oxygen atoms in total. The van der Waals surface area contributed by atoms with Crippen LogP contribution in [0.25, 0.3) is 16.9 Å². The molecule has 0 N–H and O–H groups in total. The van der Waals surface area contributed by atoms with Crippen molar-refractivity contribution in [2.75, 3.05) is 0 Å². The molecule has 186 valence electrons. The van der Waals surface area contributed by atoms with E-state index in [0.29, 0.717) is 17.0 Å². The first-order chi connectivity index (χ1) is 17.9. The highest BCUT2D eigenvalue weighted by atomic mass is 32.1. The van der Waals surface area contributed by atoms with Crippen molar-refractivity contribution in [3.8, 4) is 16.9 Å². The maximum absolute atomic E-state index is 13.5. The van der Waals surface area contributed by atoms with Crippen LogP contribution in [-0.2, 0) is 20.0 Å². The van der Waals surface area contributed by atoms with Gasteiger partial charge in [-0.05, 0) is 31.0 Å². The Labute approximate surface area is 217 Å². The van der Waals surface area contributed by atoms with Crippen LogP contribution in [0.5, 0.6) is 0 Å². The van der Waals surface area contributed by atoms with Crippen LogP contribution in [0.1, 0.15) is 11.3 Å². The fourth-order valence-corrected chi connectivity index (χ4v) is 5.25. The molecule has 0 fully saturated rings. The van der Waals surface area contributed by atoms with Crippen molar-refractivity contribution in [2.45, 2.75) is 19.9 Å². The van der Waals surface area contributed by atoms with Gasteiger partial charge in [0.05, 0.1) is 22.0 Å². The highest BCUT2D eigenvalue weighted by Gasteiger charge is 2.17. The summed E-state index contributed by atoms with van der Waals surface area (Å²) in [5.41, 5.74) is 4.42. The Morgan fingerprint density at radius 3 is 2.38 bits per heavy atom. The van der Waals surface area contributed by atoms with Crippen LogP contribution in [0.4, 0.5) is 11.4 Å². The number of non-ortho nitro benzene ring substituents is 1. The SMILES string of the molecule is Cc1c(N=c2scc(-c3cccc([N+](=O)[O-])c3)n2CCc2ccccc2)c(=O)n(-c2ccccc2)n1C. The molecule has 0 bridgehead atoms. The molecule has 0 amide bonds. The summed E-state index contributed by atoms with van der Waals surface area (Å²) < 4.78 is 5.45. The minimum absolute atomic E-state index is 0.0291. The molecule has 0 radical (unpaired) electrons. The van der Waals surface area contributed by atoms with E-state index in [1.54, 1.807) is 21.5 Å². The van der Waals surface area contributed by atoms with Gasteiger partial charge in [-0.25, -0.2) is 9.67 Å². The number of nitro benzene ring substituents is 1. The lowest BCUT2D eigenvalue weighted by Crippen LogP contribution is -2.20. The zero-order chi connectivity index (χ0) is 25.9. The molecule has 2 aromatic heterocycles. The first-order valence-corrected chi connectivity index (χ1v) is 12.7. The summed E-state index contributed by atoms with van der Waals surface area (Å²) >= 11 is 1.41. The molecule has 0 aliphatic rings. The molecule has 37 heavy (non-hydrogen) atoms. The first-order valence-electron chi connectivity index (χ1n) is 11.8. The van der Waals surface area contributed by atoms with E-state index in [1.807, 2.05) is 78.5 Å². The first kappa shape index (κ1) is 24.2. The molecule has 0 spiro atoms. The van der Waals surface area contributed by atoms with E-state index in [2.05, 4.69) is 12.1 Å². The minimum atomic E-state index is -0.394. The van der Waals surface area contributed by atoms with Crippen LogP contribution in [0, 0.1) is 17.0 Å². The van der Waals surface area contributed by atoms with Crippen molar-refractivity contribution >= 4 is 22.7 Å². The Kier molecular flexibility index (Phi) is 6.70. The number of para-hydroxylation sites is 1. The number of rotatable bonds is 7. The van der Waals surface area contributed by atoms with Crippen molar-refractivity contribution in [3.63, 3.8) is 0 Å². The monoisotopic (exact) mass is 511 g/mol. The van der Waals surface area contributed by atoms with E-state index in [1.165, 1.54) is 23.0 Å². The third-order valence-corrected chi connectivity index (χ3v) is 7.21. The summed E-state index contributed by atoms with van der Waals surface area (Å²) in [7, 11) is 1.84. The fraction of sp³-hybridized carbons (Fsp3) is 0.143. The lowest BCUT2D eigenvalue weighted by atomic mass is 10.1. The summed E-state index contributed by atoms with van der Waals surface area (Å²) in [5, 5.41) is 13.3. The predicted octanol–water partition coefficient (Wildman–Crippen LogP) is 5.40. The van der Waals surface area contributed by atoms with Crippen LogP contribution in [0.3, 0.4) is 0 Å². The summed E-state index contributed by atoms with van der Waals surface area (Å²) in [6.07, 6.45) is 0.745. The largest absolute Gasteiger partial charge is 0.316 e. The molecule has 0 atom stereocenters. The third kappa shape index (κ3) is 4.81. The second-order valence-corrected chi connectivity index (χ2v) is 9.46. The molecule has 5 rings (SSSR count). The van der Waals surface area contributed by atoms with Gasteiger partial charge in [-0.2, -0.15) is 0 Å². The van der Waals surface area contributed by atoms with E-state index >= 15 is 0 Å². The van der Waals surface area contributed by atoms with Gasteiger partial charge in [0.15, 0.2) is 10.5 Å². The van der Waals surface area contributed by atoms with Gasteiger partial charge in [-0.15, -0.1) is 11.3 Å². The van der Waals surface area contributed by atoms with Gasteiger partial charge in [0.2, 0.25) is 0 Å². The highest BCUT2D eigenvalue weighted by Crippen LogP contribution is 2.25. The number of thiazole rings is 1. The van der Waals surface area contributed by atoms with Gasteiger partial charge in [-0.3, -0.25) is 19.6 Å². The molecular formula is C28H25N5O3S. The molecule has 9 heteroatoms. The molecule has 0 aliphatic heterocycles. The maximum atomic E-state index is 13.5. The number of aromatic nitrogens is 3. The summed E-state index contributed by atoms with van der Waals surface area (Å²) in [6.45, 7) is 2.48. The fourth-order valence-electron chi connectivity index (χ4n) is 4.31. The van der Waals surface area contributed by atoms with Crippen molar-refractivity contribution in [1.29, 1.82) is 0 Å². The van der Waals surface area contributed by atoms with E-state index in [4.69, 9.17) is 4.99 Å². The van der Waals surface area contributed by atoms with Gasteiger partial charge in [0.1, 0.15) is 0 Å². The number of nitro groups is 1. The van der Waals surface area contributed by atoms with Crippen molar-refractivity contribution in [2.24, 2.45) is 12.0 Å². The Morgan fingerprint density at radius 1 is 0.973 bits per heavy atom. The lowest BCUT2D eigenvalue weighted by Gasteiger charge is -2.09. The van der Waals surface area contributed by atoms with E-state index in [0.717, 1.165) is 29.1 Å². The second kappa shape index (κ2) is 10.2. The van der Waals surface area contributed by atoms with Crippen molar-refractivity contribution in [1.82, 2.24) is 13.9 Å². The number of hydrogen-bond donors (Lipinski definition) is 0. The predicted molar refractivity (Wildman–Crippen MR) is 146 cm³/mol. The Bertz CT molecular complexity index is 1700. The van der Waals surface area contributed by atoms with E-state index in [-0.39, 0.29) is 11.2 Å². The molecule has 3 aromatic carbocycles. The van der Waals surface area contributed by atoms with Crippen molar-refractivity contribution in [3.05, 3.63) is 127 Å². The number of aryl methyl sites for hydroxylation is 1. The van der Waals surface area contributed by atoms with E-state index in [9.17, 15) is 14.9 Å². The smallest absolute Gasteiger partial charge is 0.297 e. The number of benzene rings is 3. The summed E-state index contributed by atoms with van der Waals surface area (Å²) in [6, 6.07) is 26.2. The van der Waals surface area contributed by atoms with Crippen LogP contribution >= 0.6 is 11.3 Å². The van der Waals surface area contributed by atoms with Gasteiger partial charge in [0.25, 0.3) is 11.2 Å². The molecule has 0 unspecified atom stereocenters. The second-order valence-electron chi connectivity index (χ2n) is 8.62.